The molecule has 1 amide bonds. The molecule has 0 atom stereocenters. The van der Waals surface area contributed by atoms with Gasteiger partial charge in [0.1, 0.15) is 5.75 Å². The van der Waals surface area contributed by atoms with Gasteiger partial charge in [0.25, 0.3) is 0 Å². The number of benzene rings is 2. The Morgan fingerprint density at radius 2 is 1.71 bits per heavy atom. The molecule has 0 heterocycles. The normalized spacial score (nSPS) is 10.2. The van der Waals surface area contributed by atoms with Gasteiger partial charge in [0.2, 0.25) is 5.91 Å². The van der Waals surface area contributed by atoms with Crippen LogP contribution in [0.3, 0.4) is 0 Å². The van der Waals surface area contributed by atoms with E-state index >= 15 is 0 Å². The molecule has 2 aromatic carbocycles. The fourth-order valence-electron chi connectivity index (χ4n) is 2.58. The van der Waals surface area contributed by atoms with Gasteiger partial charge in [-0.2, -0.15) is 0 Å². The van der Waals surface area contributed by atoms with Gasteiger partial charge in [0.05, 0.1) is 6.61 Å². The van der Waals surface area contributed by atoms with E-state index in [1.807, 2.05) is 31.2 Å². The lowest BCUT2D eigenvalue weighted by Gasteiger charge is -2.10. The van der Waals surface area contributed by atoms with Crippen LogP contribution in [0.15, 0.2) is 48.5 Å². The van der Waals surface area contributed by atoms with Crippen molar-refractivity contribution in [1.82, 2.24) is 5.32 Å². The number of carbonyl (C=O) groups excluding carboxylic acids is 3. The van der Waals surface area contributed by atoms with Crippen molar-refractivity contribution >= 4 is 17.7 Å². The fourth-order valence-corrected chi connectivity index (χ4v) is 2.58. The zero-order valence-corrected chi connectivity index (χ0v) is 16.2. The number of esters is 1. The van der Waals surface area contributed by atoms with Crippen LogP contribution in [0.4, 0.5) is 0 Å². The summed E-state index contributed by atoms with van der Waals surface area (Å²) in [6, 6.07) is 14.4. The maximum atomic E-state index is 12.2. The highest BCUT2D eigenvalue weighted by atomic mass is 16.5. The number of ketones is 1. The van der Waals surface area contributed by atoms with Gasteiger partial charge in [0, 0.05) is 25.5 Å². The molecule has 0 fully saturated rings. The molecule has 0 aliphatic heterocycles. The first-order chi connectivity index (χ1) is 13.5. The zero-order valence-electron chi connectivity index (χ0n) is 16.2. The third-order valence-electron chi connectivity index (χ3n) is 4.05. The standard InChI is InChI=1S/C22H25NO5/c1-3-27-21-7-5-4-6-19(21)12-13-22(26)28-15-20(25)18-10-8-17(9-11-18)14-23-16(2)24/h4-11H,3,12-15H2,1-2H3,(H,23,24). The van der Waals surface area contributed by atoms with Crippen molar-refractivity contribution in [2.75, 3.05) is 13.2 Å². The van der Waals surface area contributed by atoms with Crippen LogP contribution < -0.4 is 10.1 Å². The second kappa shape index (κ2) is 10.9. The van der Waals surface area contributed by atoms with E-state index in [4.69, 9.17) is 9.47 Å². The molecule has 0 aliphatic rings. The summed E-state index contributed by atoms with van der Waals surface area (Å²) in [6.45, 7) is 4.02. The molecule has 0 saturated heterocycles. The minimum Gasteiger partial charge on any atom is -0.494 e. The van der Waals surface area contributed by atoms with Gasteiger partial charge in [-0.15, -0.1) is 0 Å². The van der Waals surface area contributed by atoms with Gasteiger partial charge in [-0.1, -0.05) is 42.5 Å². The predicted molar refractivity (Wildman–Crippen MR) is 105 cm³/mol. The van der Waals surface area contributed by atoms with E-state index < -0.39 is 5.97 Å². The van der Waals surface area contributed by atoms with E-state index in [9.17, 15) is 14.4 Å². The number of aryl methyl sites for hydroxylation is 1. The van der Waals surface area contributed by atoms with E-state index in [1.165, 1.54) is 6.92 Å². The Morgan fingerprint density at radius 1 is 1.00 bits per heavy atom. The van der Waals surface area contributed by atoms with Crippen molar-refractivity contribution in [2.45, 2.75) is 33.2 Å². The number of para-hydroxylation sites is 1. The van der Waals surface area contributed by atoms with Gasteiger partial charge in [-0.3, -0.25) is 14.4 Å². The number of nitrogens with one attached hydrogen (secondary N) is 1. The maximum absolute atomic E-state index is 12.2. The van der Waals surface area contributed by atoms with Crippen LogP contribution in [0, 0.1) is 0 Å². The second-order valence-corrected chi connectivity index (χ2v) is 6.23. The first-order valence-corrected chi connectivity index (χ1v) is 9.22. The number of ether oxygens (including phenoxy) is 2. The topological polar surface area (TPSA) is 81.7 Å². The SMILES string of the molecule is CCOc1ccccc1CCC(=O)OCC(=O)c1ccc(CNC(C)=O)cc1. The summed E-state index contributed by atoms with van der Waals surface area (Å²) in [4.78, 5) is 35.1. The molecule has 0 unspecified atom stereocenters. The third kappa shape index (κ3) is 6.87. The predicted octanol–water partition coefficient (Wildman–Crippen LogP) is 3.08. The lowest BCUT2D eigenvalue weighted by Crippen LogP contribution is -2.19. The fraction of sp³-hybridized carbons (Fsp3) is 0.318. The highest BCUT2D eigenvalue weighted by Gasteiger charge is 2.12. The Hall–Kier alpha value is -3.15. The number of hydrogen-bond donors (Lipinski definition) is 1. The molecule has 0 aromatic heterocycles. The monoisotopic (exact) mass is 383 g/mol. The van der Waals surface area contributed by atoms with E-state index in [0.717, 1.165) is 16.9 Å². The number of amides is 1. The molecule has 1 N–H and O–H groups in total. The molecule has 0 saturated carbocycles. The Kier molecular flexibility index (Phi) is 8.21. The van der Waals surface area contributed by atoms with Crippen molar-refractivity contribution in [3.8, 4) is 5.75 Å². The van der Waals surface area contributed by atoms with Crippen LogP contribution in [0.1, 0.15) is 41.8 Å². The molecular weight excluding hydrogens is 358 g/mol. The molecule has 0 aliphatic carbocycles. The average Bonchev–Trinajstić information content (AvgIpc) is 2.70. The van der Waals surface area contributed by atoms with Gasteiger partial charge in [-0.05, 0) is 30.5 Å². The smallest absolute Gasteiger partial charge is 0.306 e. The summed E-state index contributed by atoms with van der Waals surface area (Å²) in [5.41, 5.74) is 2.28. The van der Waals surface area contributed by atoms with Crippen LogP contribution in [0.2, 0.25) is 0 Å². The quantitative estimate of drug-likeness (QED) is 0.504. The first kappa shape index (κ1) is 21.2. The maximum Gasteiger partial charge on any atom is 0.306 e. The molecular formula is C22H25NO5. The van der Waals surface area contributed by atoms with Gasteiger partial charge >= 0.3 is 5.97 Å². The van der Waals surface area contributed by atoms with Crippen molar-refractivity contribution in [2.24, 2.45) is 0 Å². The molecule has 2 rings (SSSR count). The summed E-state index contributed by atoms with van der Waals surface area (Å²) in [6.07, 6.45) is 0.661. The van der Waals surface area contributed by atoms with Gasteiger partial charge < -0.3 is 14.8 Å². The summed E-state index contributed by atoms with van der Waals surface area (Å²) in [5, 5.41) is 2.69. The highest BCUT2D eigenvalue weighted by molar-refractivity contribution is 5.98. The summed E-state index contributed by atoms with van der Waals surface area (Å²) in [5.74, 6) is -0.0553. The van der Waals surface area contributed by atoms with Crippen molar-refractivity contribution in [3.05, 3.63) is 65.2 Å². The number of Topliss-reactive ketones (excluding diaryl/α,β-unsaturated/α-hetero) is 1. The molecule has 0 spiro atoms. The second-order valence-electron chi connectivity index (χ2n) is 6.23. The average molecular weight is 383 g/mol. The Balaban J connectivity index is 1.79. The van der Waals surface area contributed by atoms with E-state index in [0.29, 0.717) is 25.1 Å². The van der Waals surface area contributed by atoms with Gasteiger partial charge in [0.15, 0.2) is 12.4 Å². The minimum atomic E-state index is -0.429. The van der Waals surface area contributed by atoms with E-state index in [1.54, 1.807) is 24.3 Å². The van der Waals surface area contributed by atoms with Crippen LogP contribution >= 0.6 is 0 Å². The van der Waals surface area contributed by atoms with Crippen molar-refractivity contribution in [3.63, 3.8) is 0 Å². The molecule has 2 aromatic rings. The Bertz CT molecular complexity index is 814. The van der Waals surface area contributed by atoms with E-state index in [2.05, 4.69) is 5.32 Å². The van der Waals surface area contributed by atoms with Crippen LogP contribution in [0.5, 0.6) is 5.75 Å². The number of carbonyl (C=O) groups is 3. The highest BCUT2D eigenvalue weighted by Crippen LogP contribution is 2.19. The molecule has 6 nitrogen and oxygen atoms in total. The van der Waals surface area contributed by atoms with Crippen LogP contribution in [-0.2, 0) is 27.3 Å². The summed E-state index contributed by atoms with van der Waals surface area (Å²) >= 11 is 0. The molecule has 6 heteroatoms. The zero-order chi connectivity index (χ0) is 20.4. The number of hydrogen-bond acceptors (Lipinski definition) is 5. The summed E-state index contributed by atoms with van der Waals surface area (Å²) < 4.78 is 10.6. The van der Waals surface area contributed by atoms with Crippen LogP contribution in [-0.4, -0.2) is 30.9 Å². The van der Waals surface area contributed by atoms with E-state index in [-0.39, 0.29) is 24.7 Å². The minimum absolute atomic E-state index is 0.115. The largest absolute Gasteiger partial charge is 0.494 e. The lowest BCUT2D eigenvalue weighted by molar-refractivity contribution is -0.142. The molecule has 0 bridgehead atoms. The molecule has 0 radical (unpaired) electrons. The van der Waals surface area contributed by atoms with Crippen LogP contribution in [0.25, 0.3) is 0 Å². The number of rotatable bonds is 10. The Labute approximate surface area is 164 Å². The van der Waals surface area contributed by atoms with Crippen molar-refractivity contribution in [1.29, 1.82) is 0 Å². The van der Waals surface area contributed by atoms with Crippen molar-refractivity contribution < 1.29 is 23.9 Å². The molecule has 28 heavy (non-hydrogen) atoms. The molecule has 148 valence electrons. The van der Waals surface area contributed by atoms with Gasteiger partial charge in [-0.25, -0.2) is 0 Å². The first-order valence-electron chi connectivity index (χ1n) is 9.22. The summed E-state index contributed by atoms with van der Waals surface area (Å²) in [7, 11) is 0. The lowest BCUT2D eigenvalue weighted by atomic mass is 10.1. The Morgan fingerprint density at radius 3 is 2.39 bits per heavy atom. The third-order valence-corrected chi connectivity index (χ3v) is 4.05.